The predicted octanol–water partition coefficient (Wildman–Crippen LogP) is 6.53. The SMILES string of the molecule is C#CCN(C(C#Cc1cccc(Br)c1)CCO[Si](c1ccccc1)(c1ccccc1)C(C)(C)C)[S@@+]([O-])C(C)(C)C. The first-order chi connectivity index (χ1) is 18.9. The van der Waals surface area contributed by atoms with E-state index in [1.54, 1.807) is 0 Å². The molecule has 3 nitrogen and oxygen atoms in total. The minimum atomic E-state index is -2.72. The van der Waals surface area contributed by atoms with E-state index in [1.807, 2.05) is 61.5 Å². The van der Waals surface area contributed by atoms with Crippen LogP contribution in [0.5, 0.6) is 0 Å². The van der Waals surface area contributed by atoms with Gasteiger partial charge in [-0.25, -0.2) is 0 Å². The van der Waals surface area contributed by atoms with Crippen LogP contribution in [-0.2, 0) is 15.8 Å². The maximum atomic E-state index is 13.7. The molecule has 0 N–H and O–H groups in total. The van der Waals surface area contributed by atoms with Gasteiger partial charge in [0.25, 0.3) is 8.32 Å². The van der Waals surface area contributed by atoms with E-state index in [0.29, 0.717) is 13.0 Å². The standard InChI is InChI=1S/C34H40BrNO2SSi/c1-8-25-36(39(37)33(2,3)4)30(23-22-28-16-15-17-29(35)27-28)24-26-38-40(34(5,6)7,31-18-11-9-12-19-31)32-20-13-10-14-21-32/h1,9-21,27,30H,24-26H2,2-7H3/t30?,39-/m0/s1. The van der Waals surface area contributed by atoms with Crippen molar-refractivity contribution in [1.29, 1.82) is 0 Å². The lowest BCUT2D eigenvalue weighted by atomic mass is 10.1. The second-order valence-corrected chi connectivity index (χ2v) is 19.2. The van der Waals surface area contributed by atoms with Crippen LogP contribution in [-0.4, -0.2) is 41.1 Å². The van der Waals surface area contributed by atoms with E-state index < -0.39 is 24.4 Å². The van der Waals surface area contributed by atoms with Crippen molar-refractivity contribution >= 4 is 46.0 Å². The maximum absolute atomic E-state index is 13.7. The van der Waals surface area contributed by atoms with Gasteiger partial charge < -0.3 is 8.98 Å². The minimum Gasteiger partial charge on any atom is -0.597 e. The number of rotatable bonds is 9. The van der Waals surface area contributed by atoms with Crippen molar-refractivity contribution in [1.82, 2.24) is 4.31 Å². The lowest BCUT2D eigenvalue weighted by molar-refractivity contribution is 0.259. The van der Waals surface area contributed by atoms with Gasteiger partial charge in [-0.1, -0.05) is 121 Å². The summed E-state index contributed by atoms with van der Waals surface area (Å²) in [4.78, 5) is 0. The zero-order valence-electron chi connectivity index (χ0n) is 24.4. The molecular weight excluding hydrogens is 594 g/mol. The van der Waals surface area contributed by atoms with E-state index in [1.165, 1.54) is 10.4 Å². The highest BCUT2D eigenvalue weighted by atomic mass is 79.9. The highest BCUT2D eigenvalue weighted by Gasteiger charge is 2.50. The molecule has 1 unspecified atom stereocenters. The molecule has 0 aliphatic carbocycles. The molecule has 0 radical (unpaired) electrons. The third kappa shape index (κ3) is 7.92. The Morgan fingerprint density at radius 1 is 0.925 bits per heavy atom. The lowest BCUT2D eigenvalue weighted by Crippen LogP contribution is -2.66. The van der Waals surface area contributed by atoms with Crippen molar-refractivity contribution in [3.8, 4) is 24.2 Å². The zero-order chi connectivity index (χ0) is 29.4. The van der Waals surface area contributed by atoms with E-state index in [2.05, 4.69) is 103 Å². The van der Waals surface area contributed by atoms with Gasteiger partial charge in [-0.2, -0.15) is 0 Å². The van der Waals surface area contributed by atoms with Crippen LogP contribution < -0.4 is 10.4 Å². The largest absolute Gasteiger partial charge is 0.597 e. The quantitative estimate of drug-likeness (QED) is 0.153. The Hall–Kier alpha value is -2.29. The van der Waals surface area contributed by atoms with Crippen LogP contribution in [0.25, 0.3) is 0 Å². The van der Waals surface area contributed by atoms with Crippen molar-refractivity contribution in [3.63, 3.8) is 0 Å². The maximum Gasteiger partial charge on any atom is 0.261 e. The fraction of sp³-hybridized carbons (Fsp3) is 0.353. The number of halogens is 1. The van der Waals surface area contributed by atoms with E-state index in [0.717, 1.165) is 10.0 Å². The molecule has 0 bridgehead atoms. The summed E-state index contributed by atoms with van der Waals surface area (Å²) in [6.45, 7) is 13.4. The zero-order valence-corrected chi connectivity index (χ0v) is 27.8. The summed E-state index contributed by atoms with van der Waals surface area (Å²) in [5, 5.41) is 2.31. The normalized spacial score (nSPS) is 13.7. The molecule has 0 heterocycles. The van der Waals surface area contributed by atoms with Crippen LogP contribution in [0.1, 0.15) is 53.5 Å². The summed E-state index contributed by atoms with van der Waals surface area (Å²) in [6.07, 6.45) is 6.34. The molecule has 3 rings (SSSR count). The van der Waals surface area contributed by atoms with Gasteiger partial charge in [0.1, 0.15) is 17.3 Å². The molecule has 40 heavy (non-hydrogen) atoms. The monoisotopic (exact) mass is 633 g/mol. The van der Waals surface area contributed by atoms with E-state index in [-0.39, 0.29) is 17.6 Å². The first-order valence-electron chi connectivity index (χ1n) is 13.5. The second-order valence-electron chi connectivity index (χ2n) is 11.7. The molecule has 0 aliphatic rings. The Morgan fingerprint density at radius 3 is 1.98 bits per heavy atom. The summed E-state index contributed by atoms with van der Waals surface area (Å²) >= 11 is 2.18. The number of hydrogen-bond acceptors (Lipinski definition) is 3. The summed E-state index contributed by atoms with van der Waals surface area (Å²) in [5.41, 5.74) is 0.884. The molecule has 6 heteroatoms. The van der Waals surface area contributed by atoms with Crippen LogP contribution in [0.3, 0.4) is 0 Å². The van der Waals surface area contributed by atoms with Crippen molar-refractivity contribution < 1.29 is 8.98 Å². The van der Waals surface area contributed by atoms with Gasteiger partial charge in [0.2, 0.25) is 0 Å². The van der Waals surface area contributed by atoms with Crippen molar-refractivity contribution in [3.05, 3.63) is 95.0 Å². The highest BCUT2D eigenvalue weighted by molar-refractivity contribution is 9.10. The third-order valence-corrected chi connectivity index (χ3v) is 14.1. The molecule has 3 aromatic rings. The van der Waals surface area contributed by atoms with Crippen molar-refractivity contribution in [2.45, 2.75) is 63.8 Å². The van der Waals surface area contributed by atoms with Crippen LogP contribution in [0.2, 0.25) is 5.04 Å². The van der Waals surface area contributed by atoms with Crippen LogP contribution in [0, 0.1) is 24.2 Å². The summed E-state index contributed by atoms with van der Waals surface area (Å²) in [6, 6.07) is 28.7. The molecular formula is C34H40BrNO2SSi. The predicted molar refractivity (Wildman–Crippen MR) is 176 cm³/mol. The molecule has 0 amide bonds. The van der Waals surface area contributed by atoms with E-state index in [4.69, 9.17) is 10.8 Å². The van der Waals surface area contributed by atoms with Gasteiger partial charge in [-0.05, 0) is 54.4 Å². The van der Waals surface area contributed by atoms with Crippen LogP contribution in [0.15, 0.2) is 89.4 Å². The first-order valence-corrected chi connectivity index (χ1v) is 17.3. The Kier molecular flexibility index (Phi) is 11.3. The minimum absolute atomic E-state index is 0.139. The number of hydrogen-bond donors (Lipinski definition) is 0. The average molecular weight is 635 g/mol. The van der Waals surface area contributed by atoms with E-state index in [9.17, 15) is 4.55 Å². The van der Waals surface area contributed by atoms with Gasteiger partial charge >= 0.3 is 0 Å². The summed E-state index contributed by atoms with van der Waals surface area (Å²) < 4.78 is 23.1. The topological polar surface area (TPSA) is 35.5 Å². The molecule has 210 valence electrons. The molecule has 3 aromatic carbocycles. The fourth-order valence-electron chi connectivity index (χ4n) is 4.83. The Balaban J connectivity index is 2.03. The molecule has 0 aromatic heterocycles. The Labute approximate surface area is 254 Å². The van der Waals surface area contributed by atoms with Crippen molar-refractivity contribution in [2.75, 3.05) is 13.2 Å². The molecule has 0 saturated carbocycles. The average Bonchev–Trinajstić information content (AvgIpc) is 2.91. The Morgan fingerprint density at radius 2 is 1.50 bits per heavy atom. The first kappa shape index (κ1) is 32.2. The molecule has 0 spiro atoms. The molecule has 0 saturated heterocycles. The smallest absolute Gasteiger partial charge is 0.261 e. The van der Waals surface area contributed by atoms with Crippen molar-refractivity contribution in [2.24, 2.45) is 0 Å². The van der Waals surface area contributed by atoms with Crippen LogP contribution >= 0.6 is 15.9 Å². The highest BCUT2D eigenvalue weighted by Crippen LogP contribution is 2.37. The molecule has 2 atom stereocenters. The fourth-order valence-corrected chi connectivity index (χ4v) is 11.1. The van der Waals surface area contributed by atoms with Gasteiger partial charge in [0, 0.05) is 34.4 Å². The van der Waals surface area contributed by atoms with Gasteiger partial charge in [0.15, 0.2) is 0 Å². The van der Waals surface area contributed by atoms with Crippen LogP contribution in [0.4, 0.5) is 0 Å². The lowest BCUT2D eigenvalue weighted by Gasteiger charge is -2.43. The number of nitrogens with zero attached hydrogens (tertiary/aromatic N) is 1. The number of terminal acetylenes is 1. The van der Waals surface area contributed by atoms with E-state index >= 15 is 0 Å². The van der Waals surface area contributed by atoms with Gasteiger partial charge in [-0.3, -0.25) is 0 Å². The third-order valence-electron chi connectivity index (χ3n) is 6.67. The summed E-state index contributed by atoms with van der Waals surface area (Å²) in [7, 11) is -2.72. The second kappa shape index (κ2) is 14.1. The molecule has 0 fully saturated rings. The summed E-state index contributed by atoms with van der Waals surface area (Å²) in [5.74, 6) is 9.43. The Bertz CT molecular complexity index is 1290. The molecule has 0 aliphatic heterocycles. The van der Waals surface area contributed by atoms with Gasteiger partial charge in [0.05, 0.1) is 0 Å². The van der Waals surface area contributed by atoms with Gasteiger partial charge in [-0.15, -0.1) is 10.7 Å². The number of benzene rings is 3.